The first-order chi connectivity index (χ1) is 49.1. The molecular formula is C72H91N9O20. The zero-order valence-electron chi connectivity index (χ0n) is 57.9. The second-order valence-corrected chi connectivity index (χ2v) is 24.5. The van der Waals surface area contributed by atoms with Crippen LogP contribution in [0, 0.1) is 11.8 Å². The second kappa shape index (κ2) is 39.2. The van der Waals surface area contributed by atoms with Crippen LogP contribution in [0.5, 0.6) is 23.0 Å². The van der Waals surface area contributed by atoms with Gasteiger partial charge in [0.05, 0.1) is 174 Å². The zero-order valence-corrected chi connectivity index (χ0v) is 57.9. The molecule has 29 heteroatoms. The van der Waals surface area contributed by atoms with E-state index in [9.17, 15) is 38.4 Å². The van der Waals surface area contributed by atoms with Gasteiger partial charge in [0.15, 0.2) is 23.0 Å². The first-order valence-electron chi connectivity index (χ1n) is 34.2. The molecule has 101 heavy (non-hydrogen) atoms. The summed E-state index contributed by atoms with van der Waals surface area (Å²) in [7, 11) is 3.04. The Morgan fingerprint density at radius 1 is 0.574 bits per heavy atom. The van der Waals surface area contributed by atoms with Gasteiger partial charge >= 0.3 is 0 Å². The van der Waals surface area contributed by atoms with Gasteiger partial charge in [-0.15, -0.1) is 0 Å². The molecule has 0 radical (unpaired) electrons. The first kappa shape index (κ1) is 76.1. The van der Waals surface area contributed by atoms with Crippen molar-refractivity contribution in [3.05, 3.63) is 95.3 Å². The summed E-state index contributed by atoms with van der Waals surface area (Å²) in [6.07, 6.45) is 13.9. The van der Waals surface area contributed by atoms with E-state index < -0.39 is 41.5 Å². The van der Waals surface area contributed by atoms with E-state index in [0.717, 1.165) is 22.5 Å². The summed E-state index contributed by atoms with van der Waals surface area (Å²) in [5, 5.41) is 8.17. The maximum absolute atomic E-state index is 14.1. The average Bonchev–Trinajstić information content (AvgIpc) is 1.65. The Labute approximate surface area is 586 Å². The number of rotatable bonds is 45. The highest BCUT2D eigenvalue weighted by Crippen LogP contribution is 2.45. The Morgan fingerprint density at radius 2 is 1.06 bits per heavy atom. The van der Waals surface area contributed by atoms with Gasteiger partial charge in [0.25, 0.3) is 29.5 Å². The summed E-state index contributed by atoms with van der Waals surface area (Å²) < 4.78 is 67.7. The molecule has 0 bridgehead atoms. The van der Waals surface area contributed by atoms with Crippen LogP contribution in [0.2, 0.25) is 0 Å². The van der Waals surface area contributed by atoms with Gasteiger partial charge in [-0.1, -0.05) is 26.0 Å². The smallest absolute Gasteiger partial charge is 0.266 e. The normalized spacial score (nSPS) is 17.1. The minimum absolute atomic E-state index is 0.0128. The molecule has 29 nitrogen and oxygen atoms in total. The SMILES string of the molecule is COc1cc2c(cc1OCCCOc1cc3c(cc1OC)C(=O)N1C=C(C4CC4)CC1C=N3)N=CC1CC(c3ccc(NC(=O)C(C)NC(=O)C(=NC(=O)CCOCCOCCOCCOCCOCCOCCOCCOCCNC(=O)CCN4C(=O)C=CC4=O)C(C)C)cc3)=CN1C2=O. The average molecular weight is 1400 g/mol. The van der Waals surface area contributed by atoms with Crippen LogP contribution < -0.4 is 34.9 Å². The predicted octanol–water partition coefficient (Wildman–Crippen LogP) is 5.77. The Bertz CT molecular complexity index is 3570. The Morgan fingerprint density at radius 3 is 1.55 bits per heavy atom. The van der Waals surface area contributed by atoms with Crippen molar-refractivity contribution >= 4 is 88.0 Å². The lowest BCUT2D eigenvalue weighted by Crippen LogP contribution is -2.45. The molecule has 1 aliphatic carbocycles. The number of ether oxygens (including phenoxy) is 12. The summed E-state index contributed by atoms with van der Waals surface area (Å²) in [6, 6.07) is 12.5. The lowest BCUT2D eigenvalue weighted by atomic mass is 10.0. The number of benzene rings is 3. The van der Waals surface area contributed by atoms with Crippen molar-refractivity contribution < 1.29 is 95.2 Å². The number of hydrogen-bond donors (Lipinski definition) is 3. The first-order valence-corrected chi connectivity index (χ1v) is 34.2. The number of carbonyl (C=O) groups is 8. The standard InChI is InChI=1S/C72H91N9O20/c1-47(2)68(78-65(83)16-21-92-23-25-94-27-29-96-31-33-98-35-36-99-34-32-97-30-28-95-26-24-93-22-17-73-64(82)15-18-79-66(84)13-14-67(79)85)70(87)76-48(3)69(86)77-53-11-9-50(10-12-53)52-38-55-44-75-59-42-63(61(91-5)40-57(59)72(89)81(55)46-52)101-20-6-19-100-62-41-58-56(39-60(62)90-4)71(88)80-45-51(49-7-8-49)37-54(80)43-74-58/h9-14,39-49,54-55H,6-8,15-38H2,1-5H3,(H,73,82)(H,76,87)(H,77,86). The van der Waals surface area contributed by atoms with Crippen molar-refractivity contribution in [1.82, 2.24) is 25.3 Å². The van der Waals surface area contributed by atoms with Crippen LogP contribution >= 0.6 is 0 Å². The number of fused-ring (bicyclic) bond motifs is 4. The molecule has 0 saturated heterocycles. The maximum Gasteiger partial charge on any atom is 0.266 e. The van der Waals surface area contributed by atoms with Crippen molar-refractivity contribution in [3.63, 3.8) is 0 Å². The fourth-order valence-corrected chi connectivity index (χ4v) is 11.1. The highest BCUT2D eigenvalue weighted by atomic mass is 16.6. The third-order valence-electron chi connectivity index (χ3n) is 16.7. The van der Waals surface area contributed by atoms with Gasteiger partial charge in [0.1, 0.15) is 11.8 Å². The number of imide groups is 1. The van der Waals surface area contributed by atoms with Crippen molar-refractivity contribution in [2.45, 2.75) is 83.8 Å². The number of nitrogens with zero attached hydrogens (tertiary/aromatic N) is 6. The number of amides is 8. The second-order valence-electron chi connectivity index (χ2n) is 24.5. The fraction of sp³-hybridized carbons (Fsp3) is 0.514. The number of hydrogen-bond acceptors (Lipinski definition) is 22. The highest BCUT2D eigenvalue weighted by Gasteiger charge is 2.39. The van der Waals surface area contributed by atoms with Gasteiger partial charge in [0.2, 0.25) is 17.7 Å². The van der Waals surface area contributed by atoms with Gasteiger partial charge < -0.3 is 82.6 Å². The van der Waals surface area contributed by atoms with Gasteiger partial charge in [-0.25, -0.2) is 4.99 Å². The van der Waals surface area contributed by atoms with Gasteiger partial charge in [0, 0.05) is 93.1 Å². The van der Waals surface area contributed by atoms with Crippen LogP contribution in [-0.2, 0) is 66.7 Å². The monoisotopic (exact) mass is 1400 g/mol. The lowest BCUT2D eigenvalue weighted by molar-refractivity contribution is -0.137. The van der Waals surface area contributed by atoms with Crippen LogP contribution in [0.1, 0.15) is 92.0 Å². The molecule has 3 aromatic rings. The molecule has 8 amide bonds. The largest absolute Gasteiger partial charge is 0.493 e. The molecule has 5 aliphatic heterocycles. The Balaban J connectivity index is 0.577. The van der Waals surface area contributed by atoms with Crippen molar-refractivity contribution in [1.29, 1.82) is 0 Å². The topological polar surface area (TPSA) is 330 Å². The summed E-state index contributed by atoms with van der Waals surface area (Å²) in [5.41, 5.74) is 5.28. The molecule has 0 aromatic heterocycles. The molecule has 9 rings (SSSR count). The summed E-state index contributed by atoms with van der Waals surface area (Å²) in [5.74, 6) is -1.30. The predicted molar refractivity (Wildman–Crippen MR) is 370 cm³/mol. The van der Waals surface area contributed by atoms with Crippen LogP contribution in [-0.4, -0.2) is 244 Å². The molecule has 3 aromatic carbocycles. The van der Waals surface area contributed by atoms with Crippen LogP contribution in [0.15, 0.2) is 93.6 Å². The van der Waals surface area contributed by atoms with E-state index in [-0.39, 0.29) is 87.9 Å². The zero-order chi connectivity index (χ0) is 71.5. The van der Waals surface area contributed by atoms with Crippen molar-refractivity contribution in [2.75, 3.05) is 152 Å². The molecular weight excluding hydrogens is 1310 g/mol. The molecule has 3 N–H and O–H groups in total. The molecule has 6 aliphatic rings. The molecule has 1 saturated carbocycles. The molecule has 3 unspecified atom stereocenters. The number of methoxy groups -OCH3 is 2. The van der Waals surface area contributed by atoms with E-state index in [1.807, 2.05) is 30.7 Å². The molecule has 1 fully saturated rings. The number of nitrogens with one attached hydrogen (secondary N) is 3. The Hall–Kier alpha value is -9.07. The molecule has 5 heterocycles. The number of carbonyl (C=O) groups excluding carboxylic acids is 8. The van der Waals surface area contributed by atoms with E-state index in [1.165, 1.54) is 51.7 Å². The van der Waals surface area contributed by atoms with Crippen LogP contribution in [0.25, 0.3) is 5.57 Å². The third-order valence-corrected chi connectivity index (χ3v) is 16.7. The summed E-state index contributed by atoms with van der Waals surface area (Å²) in [4.78, 5) is 120. The van der Waals surface area contributed by atoms with Gasteiger partial charge in [-0.2, -0.15) is 0 Å². The van der Waals surface area contributed by atoms with Crippen molar-refractivity contribution in [3.8, 4) is 23.0 Å². The van der Waals surface area contributed by atoms with E-state index in [4.69, 9.17) is 66.8 Å². The van der Waals surface area contributed by atoms with Crippen LogP contribution in [0.3, 0.4) is 0 Å². The van der Waals surface area contributed by atoms with E-state index in [2.05, 4.69) is 20.9 Å². The van der Waals surface area contributed by atoms with Crippen molar-refractivity contribution in [2.24, 2.45) is 26.8 Å². The van der Waals surface area contributed by atoms with E-state index in [1.54, 1.807) is 66.3 Å². The molecule has 3 atom stereocenters. The number of anilines is 1. The molecule has 544 valence electrons. The van der Waals surface area contributed by atoms with E-state index in [0.29, 0.717) is 162 Å². The molecule has 0 spiro atoms. The van der Waals surface area contributed by atoms with Gasteiger partial charge in [-0.3, -0.25) is 53.2 Å². The minimum Gasteiger partial charge on any atom is -0.493 e. The number of aliphatic imine (C=N–C) groups is 3. The highest BCUT2D eigenvalue weighted by molar-refractivity contribution is 6.41. The lowest BCUT2D eigenvalue weighted by Gasteiger charge is -2.19. The van der Waals surface area contributed by atoms with E-state index >= 15 is 0 Å². The quantitative estimate of drug-likeness (QED) is 0.0343. The third kappa shape index (κ3) is 22.7. The minimum atomic E-state index is -0.979. The van der Waals surface area contributed by atoms with Crippen LogP contribution in [0.4, 0.5) is 17.1 Å². The summed E-state index contributed by atoms with van der Waals surface area (Å²) >= 11 is 0. The summed E-state index contributed by atoms with van der Waals surface area (Å²) in [6.45, 7) is 11.4. The maximum atomic E-state index is 14.1. The Kier molecular flexibility index (Phi) is 29.6. The van der Waals surface area contributed by atoms with Gasteiger partial charge in [-0.05, 0) is 73.1 Å². The fourth-order valence-electron chi connectivity index (χ4n) is 11.1.